The van der Waals surface area contributed by atoms with Crippen molar-refractivity contribution in [1.82, 2.24) is 29.5 Å². The molecule has 11 nitrogen and oxygen atoms in total. The first-order valence-corrected chi connectivity index (χ1v) is 11.7. The summed E-state index contributed by atoms with van der Waals surface area (Å²) >= 11 is 0. The molecule has 1 saturated heterocycles. The van der Waals surface area contributed by atoms with Crippen molar-refractivity contribution in [3.63, 3.8) is 0 Å². The standard InChI is InChI=1S/C19H32N6O5S/c1-18(2,3)15(17(28)24-10-12(26)9-13(24)16(27)20-4)25-11-14(21-22-25)19(7-8-19)31(29,30)23(5)6/h11-13,15,26H,7-10H2,1-6H3,(H,20,27)/t12?,13-,15?/m1/s1. The van der Waals surface area contributed by atoms with Crippen LogP contribution in [0.1, 0.15) is 51.8 Å². The van der Waals surface area contributed by atoms with Crippen LogP contribution in [0.5, 0.6) is 0 Å². The molecule has 2 aliphatic rings. The molecule has 1 aliphatic carbocycles. The second kappa shape index (κ2) is 7.82. The van der Waals surface area contributed by atoms with Crippen molar-refractivity contribution in [1.29, 1.82) is 0 Å². The summed E-state index contributed by atoms with van der Waals surface area (Å²) in [4.78, 5) is 27.2. The van der Waals surface area contributed by atoms with Crippen LogP contribution in [0.25, 0.3) is 0 Å². The molecule has 0 bridgehead atoms. The summed E-state index contributed by atoms with van der Waals surface area (Å²) in [6.45, 7) is 5.63. The van der Waals surface area contributed by atoms with E-state index in [1.54, 1.807) is 0 Å². The van der Waals surface area contributed by atoms with Crippen molar-refractivity contribution in [3.8, 4) is 0 Å². The number of likely N-dealkylation sites (N-methyl/N-ethyl adjacent to an activating group) is 1. The summed E-state index contributed by atoms with van der Waals surface area (Å²) in [5.74, 6) is -0.708. The minimum atomic E-state index is -3.60. The first-order valence-electron chi connectivity index (χ1n) is 10.3. The Bertz CT molecular complexity index is 963. The van der Waals surface area contributed by atoms with E-state index in [1.165, 1.54) is 41.2 Å². The van der Waals surface area contributed by atoms with Crippen molar-refractivity contribution in [2.45, 2.75) is 63.0 Å². The van der Waals surface area contributed by atoms with Gasteiger partial charge in [-0.15, -0.1) is 5.10 Å². The molecule has 174 valence electrons. The number of amides is 2. The van der Waals surface area contributed by atoms with Gasteiger partial charge in [0.25, 0.3) is 0 Å². The molecular formula is C19H32N6O5S. The van der Waals surface area contributed by atoms with Crippen LogP contribution in [-0.4, -0.2) is 89.4 Å². The topological polar surface area (TPSA) is 138 Å². The van der Waals surface area contributed by atoms with Gasteiger partial charge in [-0.25, -0.2) is 17.4 Å². The van der Waals surface area contributed by atoms with Crippen molar-refractivity contribution in [3.05, 3.63) is 11.9 Å². The minimum absolute atomic E-state index is 0.0456. The molecule has 31 heavy (non-hydrogen) atoms. The summed E-state index contributed by atoms with van der Waals surface area (Å²) < 4.78 is 27.1. The SMILES string of the molecule is CNC(=O)[C@H]1CC(O)CN1C(=O)C(n1cc(C2(S(=O)(=O)N(C)C)CC2)nn1)C(C)(C)C. The molecule has 1 aromatic rings. The van der Waals surface area contributed by atoms with Crippen LogP contribution in [-0.2, 0) is 24.4 Å². The molecule has 2 amide bonds. The number of nitrogens with one attached hydrogen (secondary N) is 1. The summed E-state index contributed by atoms with van der Waals surface area (Å²) in [6.07, 6.45) is 1.78. The average Bonchev–Trinajstić information content (AvgIpc) is 3.19. The van der Waals surface area contributed by atoms with E-state index in [2.05, 4.69) is 15.6 Å². The van der Waals surface area contributed by atoms with Gasteiger partial charge >= 0.3 is 0 Å². The van der Waals surface area contributed by atoms with E-state index in [4.69, 9.17) is 0 Å². The van der Waals surface area contributed by atoms with Crippen LogP contribution < -0.4 is 5.32 Å². The number of likely N-dealkylation sites (tertiary alicyclic amines) is 1. The van der Waals surface area contributed by atoms with Crippen LogP contribution in [0.4, 0.5) is 0 Å². The van der Waals surface area contributed by atoms with Crippen LogP contribution in [0.2, 0.25) is 0 Å². The van der Waals surface area contributed by atoms with Gasteiger partial charge in [0.2, 0.25) is 21.8 Å². The first-order chi connectivity index (χ1) is 14.3. The lowest BCUT2D eigenvalue weighted by Crippen LogP contribution is -2.49. The normalized spacial score (nSPS) is 24.3. The number of sulfonamides is 1. The molecule has 3 atom stereocenters. The monoisotopic (exact) mass is 456 g/mol. The second-order valence-electron chi connectivity index (χ2n) is 9.64. The van der Waals surface area contributed by atoms with E-state index in [0.29, 0.717) is 18.5 Å². The first kappa shape index (κ1) is 23.6. The lowest BCUT2D eigenvalue weighted by Gasteiger charge is -2.34. The highest BCUT2D eigenvalue weighted by molar-refractivity contribution is 7.90. The summed E-state index contributed by atoms with van der Waals surface area (Å²) in [5, 5.41) is 20.9. The lowest BCUT2D eigenvalue weighted by molar-refractivity contribution is -0.144. The Morgan fingerprint density at radius 3 is 2.42 bits per heavy atom. The lowest BCUT2D eigenvalue weighted by atomic mass is 9.85. The number of nitrogens with zero attached hydrogens (tertiary/aromatic N) is 5. The molecule has 2 fully saturated rings. The van der Waals surface area contributed by atoms with Crippen LogP contribution in [0.15, 0.2) is 6.20 Å². The van der Waals surface area contributed by atoms with Gasteiger partial charge in [-0.2, -0.15) is 0 Å². The largest absolute Gasteiger partial charge is 0.391 e. The van der Waals surface area contributed by atoms with Gasteiger partial charge in [-0.05, 0) is 18.3 Å². The number of hydrogen-bond acceptors (Lipinski definition) is 7. The van der Waals surface area contributed by atoms with Crippen molar-refractivity contribution in [2.24, 2.45) is 5.41 Å². The summed E-state index contributed by atoms with van der Waals surface area (Å²) in [6, 6.07) is -1.60. The van der Waals surface area contributed by atoms with Crippen LogP contribution >= 0.6 is 0 Å². The highest BCUT2D eigenvalue weighted by Gasteiger charge is 2.59. The molecule has 2 N–H and O–H groups in total. The zero-order valence-corrected chi connectivity index (χ0v) is 19.7. The van der Waals surface area contributed by atoms with Gasteiger partial charge in [0.15, 0.2) is 0 Å². The zero-order valence-electron chi connectivity index (χ0n) is 18.9. The molecule has 1 saturated carbocycles. The highest BCUT2D eigenvalue weighted by atomic mass is 32.2. The third-order valence-electron chi connectivity index (χ3n) is 6.09. The number of aliphatic hydroxyl groups excluding tert-OH is 1. The minimum Gasteiger partial charge on any atom is -0.391 e. The Kier molecular flexibility index (Phi) is 5.96. The number of carbonyl (C=O) groups excluding carboxylic acids is 2. The Morgan fingerprint density at radius 1 is 1.32 bits per heavy atom. The van der Waals surface area contributed by atoms with E-state index < -0.39 is 38.4 Å². The molecule has 2 unspecified atom stereocenters. The number of rotatable bonds is 6. The van der Waals surface area contributed by atoms with Gasteiger partial charge in [-0.3, -0.25) is 9.59 Å². The highest BCUT2D eigenvalue weighted by Crippen LogP contribution is 2.53. The van der Waals surface area contributed by atoms with E-state index in [9.17, 15) is 23.1 Å². The Labute approximate surface area is 182 Å². The fourth-order valence-electron chi connectivity index (χ4n) is 4.23. The number of aromatic nitrogens is 3. The molecule has 1 aromatic heterocycles. The average molecular weight is 457 g/mol. The number of aliphatic hydroxyl groups is 1. The molecular weight excluding hydrogens is 424 g/mol. The van der Waals surface area contributed by atoms with Gasteiger partial charge in [0.1, 0.15) is 22.5 Å². The quantitative estimate of drug-likeness (QED) is 0.586. The molecule has 0 aromatic carbocycles. The number of carbonyl (C=O) groups is 2. The van der Waals surface area contributed by atoms with Gasteiger partial charge in [0.05, 0.1) is 12.3 Å². The van der Waals surface area contributed by atoms with E-state index in [-0.39, 0.29) is 24.8 Å². The third kappa shape index (κ3) is 3.96. The predicted octanol–water partition coefficient (Wildman–Crippen LogP) is -0.546. The maximum Gasteiger partial charge on any atom is 0.248 e. The Hall–Kier alpha value is -2.05. The number of hydrogen-bond donors (Lipinski definition) is 2. The van der Waals surface area contributed by atoms with Crippen LogP contribution in [0.3, 0.4) is 0 Å². The third-order valence-corrected chi connectivity index (χ3v) is 8.65. The van der Waals surface area contributed by atoms with E-state index in [1.807, 2.05) is 20.8 Å². The molecule has 0 spiro atoms. The maximum atomic E-state index is 13.6. The van der Waals surface area contributed by atoms with Crippen molar-refractivity contribution >= 4 is 21.8 Å². The predicted molar refractivity (Wildman–Crippen MR) is 112 cm³/mol. The fourth-order valence-corrected chi connectivity index (χ4v) is 5.91. The van der Waals surface area contributed by atoms with Gasteiger partial charge in [-0.1, -0.05) is 26.0 Å². The van der Waals surface area contributed by atoms with Gasteiger partial charge < -0.3 is 15.3 Å². The Morgan fingerprint density at radius 2 is 1.94 bits per heavy atom. The molecule has 2 heterocycles. The smallest absolute Gasteiger partial charge is 0.248 e. The second-order valence-corrected chi connectivity index (χ2v) is 12.1. The van der Waals surface area contributed by atoms with Crippen molar-refractivity contribution < 1.29 is 23.1 Å². The summed E-state index contributed by atoms with van der Waals surface area (Å²) in [7, 11) is 0.860. The molecule has 12 heteroatoms. The van der Waals surface area contributed by atoms with E-state index >= 15 is 0 Å². The van der Waals surface area contributed by atoms with Gasteiger partial charge in [0, 0.05) is 34.1 Å². The van der Waals surface area contributed by atoms with E-state index in [0.717, 1.165) is 0 Å². The van der Waals surface area contributed by atoms with Crippen molar-refractivity contribution in [2.75, 3.05) is 27.7 Å². The molecule has 1 aliphatic heterocycles. The molecule has 3 rings (SSSR count). The number of β-amino-alcohol motifs (C(OH)–C–C–N with tert-alkyl or cyclic N) is 1. The zero-order chi connectivity index (χ0) is 23.4. The maximum absolute atomic E-state index is 13.6. The fraction of sp³-hybridized carbons (Fsp3) is 0.789. The van der Waals surface area contributed by atoms with Crippen LogP contribution in [0, 0.1) is 5.41 Å². The Balaban J connectivity index is 1.97. The summed E-state index contributed by atoms with van der Waals surface area (Å²) in [5.41, 5.74) is -0.299. The molecule has 0 radical (unpaired) electrons.